The van der Waals surface area contributed by atoms with E-state index in [2.05, 4.69) is 30.5 Å². The quantitative estimate of drug-likeness (QED) is 0.209. The molecule has 0 unspecified atom stereocenters. The Labute approximate surface area is 261 Å². The minimum atomic E-state index is -1.70. The third-order valence-corrected chi connectivity index (χ3v) is 7.41. The zero-order chi connectivity index (χ0) is 31.9. The molecular weight excluding hydrogens is 598 g/mol. The number of rotatable bonds is 10. The Hall–Kier alpha value is -5.63. The summed E-state index contributed by atoms with van der Waals surface area (Å²) >= 11 is 0. The van der Waals surface area contributed by atoms with Crippen LogP contribution in [0, 0.1) is 11.6 Å². The molecule has 7 rings (SSSR count). The fourth-order valence-electron chi connectivity index (χ4n) is 5.21. The number of amides is 1. The number of halogens is 2. The Bertz CT molecular complexity index is 1870. The van der Waals surface area contributed by atoms with Gasteiger partial charge in [-0.2, -0.15) is 10.2 Å². The highest BCUT2D eigenvalue weighted by atomic mass is 19.1. The molecule has 3 aromatic carbocycles. The Morgan fingerprint density at radius 3 is 2.41 bits per heavy atom. The second-order valence-electron chi connectivity index (χ2n) is 10.7. The van der Waals surface area contributed by atoms with Crippen LogP contribution in [0.1, 0.15) is 16.7 Å². The second-order valence-corrected chi connectivity index (χ2v) is 10.7. The summed E-state index contributed by atoms with van der Waals surface area (Å²) in [6, 6.07) is 16.9. The molecule has 3 N–H and O–H groups in total. The van der Waals surface area contributed by atoms with Gasteiger partial charge in [0.15, 0.2) is 11.5 Å². The number of aromatic amines is 1. The van der Waals surface area contributed by atoms with E-state index in [1.54, 1.807) is 0 Å². The smallest absolute Gasteiger partial charge is 0.231 e. The second kappa shape index (κ2) is 13.6. The molecule has 12 nitrogen and oxygen atoms in total. The van der Waals surface area contributed by atoms with Gasteiger partial charge in [-0.25, -0.2) is 28.1 Å². The first-order chi connectivity index (χ1) is 22.4. The minimum absolute atomic E-state index is 0.0282. The fourth-order valence-corrected chi connectivity index (χ4v) is 5.21. The molecule has 0 saturated carbocycles. The molecule has 236 valence electrons. The SMILES string of the molecule is O=C(Cc1c[nH]c2ccccc12)NCCc1ccc2c(c1)OCO2.OC(Cn1cncn1)(Cn1cncn1)c1ccc(F)cc1F. The van der Waals surface area contributed by atoms with Gasteiger partial charge in [-0.05, 0) is 41.8 Å². The predicted octanol–water partition coefficient (Wildman–Crippen LogP) is 3.53. The summed E-state index contributed by atoms with van der Waals surface area (Å²) < 4.78 is 40.6. The Morgan fingerprint density at radius 1 is 0.957 bits per heavy atom. The summed E-state index contributed by atoms with van der Waals surface area (Å²) in [6.45, 7) is 0.728. The van der Waals surface area contributed by atoms with Crippen molar-refractivity contribution in [1.82, 2.24) is 39.8 Å². The largest absolute Gasteiger partial charge is 0.454 e. The first-order valence-electron chi connectivity index (χ1n) is 14.4. The van der Waals surface area contributed by atoms with Gasteiger partial charge in [-0.15, -0.1) is 0 Å². The number of nitrogens with one attached hydrogen (secondary N) is 2. The van der Waals surface area contributed by atoms with E-state index in [1.165, 1.54) is 40.7 Å². The highest BCUT2D eigenvalue weighted by Gasteiger charge is 2.34. The molecule has 0 bridgehead atoms. The average molecular weight is 629 g/mol. The van der Waals surface area contributed by atoms with Crippen molar-refractivity contribution in [1.29, 1.82) is 0 Å². The summed E-state index contributed by atoms with van der Waals surface area (Å²) in [5.41, 5.74) is 1.44. The van der Waals surface area contributed by atoms with E-state index >= 15 is 0 Å². The maximum atomic E-state index is 14.1. The van der Waals surface area contributed by atoms with Crippen LogP contribution < -0.4 is 14.8 Å². The van der Waals surface area contributed by atoms with E-state index in [1.807, 2.05) is 48.7 Å². The standard InChI is InChI=1S/C19H18N2O3.C13H12F2N6O/c22-19(10-14-11-21-16-4-2-1-3-15(14)16)20-8-7-13-5-6-17-18(9-13)24-12-23-17;14-10-1-2-11(12(15)3-10)13(22,4-20-8-16-6-18-20)5-21-9-17-7-19-21/h1-6,9,11,21H,7-8,10,12H2,(H,20,22);1-3,6-9,22H,4-5H2. The first-order valence-corrected chi connectivity index (χ1v) is 14.4. The van der Waals surface area contributed by atoms with E-state index in [0.717, 1.165) is 52.1 Å². The topological polar surface area (TPSA) is 145 Å². The number of aliphatic hydroxyl groups is 1. The number of benzene rings is 3. The highest BCUT2D eigenvalue weighted by molar-refractivity contribution is 5.88. The average Bonchev–Trinajstić information content (AvgIpc) is 3.87. The highest BCUT2D eigenvalue weighted by Crippen LogP contribution is 2.32. The maximum absolute atomic E-state index is 14.1. The van der Waals surface area contributed by atoms with Crippen molar-refractivity contribution in [3.8, 4) is 11.5 Å². The number of para-hydroxylation sites is 1. The molecule has 14 heteroatoms. The monoisotopic (exact) mass is 628 g/mol. The van der Waals surface area contributed by atoms with Gasteiger partial charge >= 0.3 is 0 Å². The summed E-state index contributed by atoms with van der Waals surface area (Å²) in [4.78, 5) is 22.9. The Morgan fingerprint density at radius 2 is 1.70 bits per heavy atom. The van der Waals surface area contributed by atoms with Gasteiger partial charge in [0.25, 0.3) is 0 Å². The van der Waals surface area contributed by atoms with E-state index in [-0.39, 0.29) is 31.4 Å². The minimum Gasteiger partial charge on any atom is -0.454 e. The molecule has 0 saturated heterocycles. The zero-order valence-corrected chi connectivity index (χ0v) is 24.5. The number of ether oxygens (including phenoxy) is 2. The number of hydrogen-bond donors (Lipinski definition) is 3. The van der Waals surface area contributed by atoms with Gasteiger partial charge in [0.05, 0.1) is 19.5 Å². The summed E-state index contributed by atoms with van der Waals surface area (Å²) in [5, 5.41) is 22.8. The Kier molecular flexibility index (Phi) is 8.96. The van der Waals surface area contributed by atoms with Crippen molar-refractivity contribution < 1.29 is 28.2 Å². The fraction of sp³-hybridized carbons (Fsp3) is 0.219. The number of fused-ring (bicyclic) bond motifs is 2. The van der Waals surface area contributed by atoms with Crippen molar-refractivity contribution in [2.24, 2.45) is 0 Å². The molecule has 46 heavy (non-hydrogen) atoms. The maximum Gasteiger partial charge on any atom is 0.231 e. The first kappa shape index (κ1) is 30.4. The third-order valence-electron chi connectivity index (χ3n) is 7.41. The van der Waals surface area contributed by atoms with Crippen LogP contribution in [-0.2, 0) is 36.3 Å². The molecule has 3 aromatic heterocycles. The lowest BCUT2D eigenvalue weighted by molar-refractivity contribution is -0.120. The lowest BCUT2D eigenvalue weighted by Gasteiger charge is -2.28. The van der Waals surface area contributed by atoms with Crippen LogP contribution in [0.25, 0.3) is 10.9 Å². The van der Waals surface area contributed by atoms with E-state index in [9.17, 15) is 18.7 Å². The van der Waals surface area contributed by atoms with Crippen molar-refractivity contribution in [2.75, 3.05) is 13.3 Å². The molecule has 0 aliphatic carbocycles. The molecule has 6 aromatic rings. The molecular formula is C32H30F2N8O4. The van der Waals surface area contributed by atoms with Crippen LogP contribution in [0.5, 0.6) is 11.5 Å². The summed E-state index contributed by atoms with van der Waals surface area (Å²) in [7, 11) is 0. The van der Waals surface area contributed by atoms with E-state index in [0.29, 0.717) is 13.0 Å². The van der Waals surface area contributed by atoms with Crippen LogP contribution in [0.15, 0.2) is 92.2 Å². The molecule has 0 spiro atoms. The van der Waals surface area contributed by atoms with Crippen molar-refractivity contribution in [2.45, 2.75) is 31.5 Å². The number of H-pyrrole nitrogens is 1. The number of carbonyl (C=O) groups excluding carboxylic acids is 1. The summed E-state index contributed by atoms with van der Waals surface area (Å²) in [6.07, 6.45) is 8.44. The van der Waals surface area contributed by atoms with E-state index < -0.39 is 17.2 Å². The number of nitrogens with zero attached hydrogens (tertiary/aromatic N) is 6. The number of aromatic nitrogens is 7. The number of carbonyl (C=O) groups is 1. The molecule has 0 atom stereocenters. The van der Waals surface area contributed by atoms with Crippen LogP contribution in [0.3, 0.4) is 0 Å². The number of hydrogen-bond acceptors (Lipinski definition) is 8. The van der Waals surface area contributed by atoms with Gasteiger partial charge in [-0.1, -0.05) is 30.3 Å². The molecule has 1 aliphatic heterocycles. The molecule has 0 radical (unpaired) electrons. The van der Waals surface area contributed by atoms with Crippen molar-refractivity contribution >= 4 is 16.8 Å². The molecule has 4 heterocycles. The summed E-state index contributed by atoms with van der Waals surface area (Å²) in [5.74, 6) is 0.0214. The van der Waals surface area contributed by atoms with Crippen molar-refractivity contribution in [3.05, 3.63) is 120 Å². The van der Waals surface area contributed by atoms with Gasteiger partial charge in [0.2, 0.25) is 12.7 Å². The van der Waals surface area contributed by atoms with Crippen molar-refractivity contribution in [3.63, 3.8) is 0 Å². The van der Waals surface area contributed by atoms with Crippen LogP contribution in [-0.4, -0.2) is 58.9 Å². The molecule has 1 amide bonds. The lowest BCUT2D eigenvalue weighted by atomic mass is 9.93. The predicted molar refractivity (Wildman–Crippen MR) is 162 cm³/mol. The zero-order valence-electron chi connectivity index (χ0n) is 24.5. The van der Waals surface area contributed by atoms with Gasteiger partial charge in [-0.3, -0.25) is 4.79 Å². The van der Waals surface area contributed by atoms with Gasteiger partial charge in [0.1, 0.15) is 42.5 Å². The Balaban J connectivity index is 0.000000162. The van der Waals surface area contributed by atoms with Crippen LogP contribution >= 0.6 is 0 Å². The van der Waals surface area contributed by atoms with Crippen LogP contribution in [0.2, 0.25) is 0 Å². The van der Waals surface area contributed by atoms with Gasteiger partial charge in [0, 0.05) is 35.3 Å². The molecule has 1 aliphatic rings. The normalized spacial score (nSPS) is 12.2. The van der Waals surface area contributed by atoms with Crippen LogP contribution in [0.4, 0.5) is 8.78 Å². The van der Waals surface area contributed by atoms with Gasteiger partial charge < -0.3 is 24.9 Å². The third kappa shape index (κ3) is 7.18. The lowest BCUT2D eigenvalue weighted by Crippen LogP contribution is -2.37. The van der Waals surface area contributed by atoms with E-state index in [4.69, 9.17) is 9.47 Å². The molecule has 0 fully saturated rings.